The van der Waals surface area contributed by atoms with E-state index in [4.69, 9.17) is 11.6 Å². The van der Waals surface area contributed by atoms with Crippen molar-refractivity contribution in [2.45, 2.75) is 24.3 Å². The van der Waals surface area contributed by atoms with E-state index in [1.807, 2.05) is 31.2 Å². The number of benzene rings is 2. The maximum Gasteiger partial charge on any atom is 0.258 e. The molecule has 3 rings (SSSR count). The van der Waals surface area contributed by atoms with Crippen LogP contribution in [-0.4, -0.2) is 38.8 Å². The number of anilines is 1. The van der Waals surface area contributed by atoms with Crippen molar-refractivity contribution in [3.63, 3.8) is 0 Å². The van der Waals surface area contributed by atoms with Gasteiger partial charge in [0.1, 0.15) is 4.90 Å². The Hall–Kier alpha value is -1.89. The minimum atomic E-state index is -3.73. The highest BCUT2D eigenvalue weighted by atomic mass is 35.5. The zero-order valence-corrected chi connectivity index (χ0v) is 15.8. The fourth-order valence-corrected chi connectivity index (χ4v) is 4.44. The normalized spacial score (nSPS) is 17.0. The molecule has 0 radical (unpaired) electrons. The molecule has 1 heterocycles. The Bertz CT molecular complexity index is 941. The summed E-state index contributed by atoms with van der Waals surface area (Å²) in [7, 11) is -0.871. The average Bonchev–Trinajstić information content (AvgIpc) is 2.90. The monoisotopic (exact) mass is 378 g/mol. The lowest BCUT2D eigenvalue weighted by Crippen LogP contribution is -2.35. The number of hydrogen-bond acceptors (Lipinski definition) is 3. The van der Waals surface area contributed by atoms with Gasteiger partial charge in [-0.3, -0.25) is 4.79 Å². The van der Waals surface area contributed by atoms with Crippen LogP contribution in [0.2, 0.25) is 5.02 Å². The Balaban J connectivity index is 2.05. The van der Waals surface area contributed by atoms with Gasteiger partial charge < -0.3 is 4.90 Å². The van der Waals surface area contributed by atoms with Crippen LogP contribution in [0.3, 0.4) is 0 Å². The van der Waals surface area contributed by atoms with Crippen molar-refractivity contribution in [1.82, 2.24) is 4.31 Å². The van der Waals surface area contributed by atoms with Crippen LogP contribution in [0, 0.1) is 0 Å². The standard InChI is InChI=1S/C18H19ClN2O3S/c1-12-10-13-6-4-5-7-16(13)21(12)18(22)14-8-9-15(19)17(11-14)25(23,24)20(2)3/h4-9,11-12H,10H2,1-3H3/t12-/m0/s1. The first kappa shape index (κ1) is 17.9. The van der Waals surface area contributed by atoms with Gasteiger partial charge in [0.15, 0.2) is 0 Å². The van der Waals surface area contributed by atoms with Crippen LogP contribution in [0.25, 0.3) is 0 Å². The van der Waals surface area contributed by atoms with Gasteiger partial charge in [-0.2, -0.15) is 0 Å². The Morgan fingerprint density at radius 3 is 2.56 bits per heavy atom. The third-order valence-electron chi connectivity index (χ3n) is 4.36. The van der Waals surface area contributed by atoms with Crippen molar-refractivity contribution in [2.75, 3.05) is 19.0 Å². The predicted molar refractivity (Wildman–Crippen MR) is 98.7 cm³/mol. The summed E-state index contributed by atoms with van der Waals surface area (Å²) in [5, 5.41) is 0.0973. The maximum atomic E-state index is 13.1. The van der Waals surface area contributed by atoms with E-state index in [9.17, 15) is 13.2 Å². The molecule has 1 atom stereocenters. The van der Waals surface area contributed by atoms with Crippen molar-refractivity contribution in [2.24, 2.45) is 0 Å². The largest absolute Gasteiger partial charge is 0.305 e. The number of para-hydroxylation sites is 1. The molecule has 2 aromatic rings. The number of halogens is 1. The summed E-state index contributed by atoms with van der Waals surface area (Å²) >= 11 is 6.07. The van der Waals surface area contributed by atoms with E-state index in [0.29, 0.717) is 5.56 Å². The first-order valence-electron chi connectivity index (χ1n) is 7.87. The van der Waals surface area contributed by atoms with Gasteiger partial charge in [0, 0.05) is 31.4 Å². The number of amides is 1. The Morgan fingerprint density at radius 2 is 1.88 bits per heavy atom. The second-order valence-corrected chi connectivity index (χ2v) is 8.82. The van der Waals surface area contributed by atoms with Gasteiger partial charge in [0.05, 0.1) is 5.02 Å². The highest BCUT2D eigenvalue weighted by Gasteiger charge is 2.32. The van der Waals surface area contributed by atoms with Gasteiger partial charge in [-0.25, -0.2) is 12.7 Å². The number of nitrogens with zero attached hydrogens (tertiary/aromatic N) is 2. The fourth-order valence-electron chi connectivity index (χ4n) is 3.04. The topological polar surface area (TPSA) is 57.7 Å². The quantitative estimate of drug-likeness (QED) is 0.824. The molecule has 0 aliphatic carbocycles. The Kier molecular flexibility index (Phi) is 4.62. The molecule has 0 unspecified atom stereocenters. The summed E-state index contributed by atoms with van der Waals surface area (Å²) in [6.07, 6.45) is 0.776. The van der Waals surface area contributed by atoms with Crippen LogP contribution in [0.1, 0.15) is 22.8 Å². The minimum Gasteiger partial charge on any atom is -0.305 e. The summed E-state index contributed by atoms with van der Waals surface area (Å²) in [5.74, 6) is -0.232. The lowest BCUT2D eigenvalue weighted by atomic mass is 10.1. The van der Waals surface area contributed by atoms with E-state index in [-0.39, 0.29) is 21.9 Å². The molecule has 1 amide bonds. The Morgan fingerprint density at radius 1 is 1.20 bits per heavy atom. The van der Waals surface area contributed by atoms with Crippen molar-refractivity contribution in [3.8, 4) is 0 Å². The number of carbonyl (C=O) groups is 1. The molecule has 25 heavy (non-hydrogen) atoms. The summed E-state index contributed by atoms with van der Waals surface area (Å²) in [6.45, 7) is 1.98. The lowest BCUT2D eigenvalue weighted by molar-refractivity contribution is 0.0981. The molecule has 0 aromatic heterocycles. The van der Waals surface area contributed by atoms with Crippen LogP contribution in [-0.2, 0) is 16.4 Å². The van der Waals surface area contributed by atoms with Crippen molar-refractivity contribution < 1.29 is 13.2 Å². The summed E-state index contributed by atoms with van der Waals surface area (Å²) in [6, 6.07) is 12.1. The maximum absolute atomic E-state index is 13.1. The molecule has 0 saturated carbocycles. The average molecular weight is 379 g/mol. The highest BCUT2D eigenvalue weighted by molar-refractivity contribution is 7.89. The van der Waals surface area contributed by atoms with Gasteiger partial charge in [-0.1, -0.05) is 29.8 Å². The third kappa shape index (κ3) is 3.05. The molecule has 0 spiro atoms. The summed E-state index contributed by atoms with van der Waals surface area (Å²) in [5.41, 5.74) is 2.28. The second kappa shape index (κ2) is 6.44. The molecule has 0 fully saturated rings. The predicted octanol–water partition coefficient (Wildman–Crippen LogP) is 3.18. The first-order chi connectivity index (χ1) is 11.7. The minimum absolute atomic E-state index is 0.00878. The SMILES string of the molecule is C[C@H]1Cc2ccccc2N1C(=O)c1ccc(Cl)c(S(=O)(=O)N(C)C)c1. The molecule has 2 aromatic carbocycles. The van der Waals surface area contributed by atoms with E-state index >= 15 is 0 Å². The number of sulfonamides is 1. The van der Waals surface area contributed by atoms with E-state index in [1.165, 1.54) is 26.2 Å². The lowest BCUT2D eigenvalue weighted by Gasteiger charge is -2.23. The Labute approximate surface area is 152 Å². The molecular formula is C18H19ClN2O3S. The molecule has 0 N–H and O–H groups in total. The van der Waals surface area contributed by atoms with Crippen LogP contribution in [0.15, 0.2) is 47.4 Å². The van der Waals surface area contributed by atoms with Crippen molar-refractivity contribution >= 4 is 33.2 Å². The summed E-state index contributed by atoms with van der Waals surface area (Å²) < 4.78 is 25.9. The fraction of sp³-hybridized carbons (Fsp3) is 0.278. The summed E-state index contributed by atoms with van der Waals surface area (Å²) in [4.78, 5) is 14.7. The van der Waals surface area contributed by atoms with Gasteiger partial charge in [-0.05, 0) is 43.2 Å². The molecule has 0 saturated heterocycles. The van der Waals surface area contributed by atoms with Gasteiger partial charge in [-0.15, -0.1) is 0 Å². The number of fused-ring (bicyclic) bond motifs is 1. The van der Waals surface area contributed by atoms with E-state index in [0.717, 1.165) is 22.0 Å². The van der Waals surface area contributed by atoms with E-state index < -0.39 is 10.0 Å². The molecule has 5 nitrogen and oxygen atoms in total. The number of hydrogen-bond donors (Lipinski definition) is 0. The third-order valence-corrected chi connectivity index (χ3v) is 6.66. The zero-order valence-electron chi connectivity index (χ0n) is 14.2. The van der Waals surface area contributed by atoms with Crippen LogP contribution < -0.4 is 4.90 Å². The van der Waals surface area contributed by atoms with Crippen LogP contribution in [0.5, 0.6) is 0 Å². The van der Waals surface area contributed by atoms with E-state index in [2.05, 4.69) is 0 Å². The first-order valence-corrected chi connectivity index (χ1v) is 9.69. The second-order valence-electron chi connectivity index (χ2n) is 6.29. The van der Waals surface area contributed by atoms with Crippen LogP contribution >= 0.6 is 11.6 Å². The molecule has 7 heteroatoms. The molecule has 0 bridgehead atoms. The molecular weight excluding hydrogens is 360 g/mol. The van der Waals surface area contributed by atoms with Crippen molar-refractivity contribution in [1.29, 1.82) is 0 Å². The number of rotatable bonds is 3. The highest BCUT2D eigenvalue weighted by Crippen LogP contribution is 2.34. The van der Waals surface area contributed by atoms with Crippen LogP contribution in [0.4, 0.5) is 5.69 Å². The van der Waals surface area contributed by atoms with Gasteiger partial charge in [0.25, 0.3) is 5.91 Å². The van der Waals surface area contributed by atoms with Gasteiger partial charge >= 0.3 is 0 Å². The van der Waals surface area contributed by atoms with Crippen molar-refractivity contribution in [3.05, 3.63) is 58.6 Å². The molecule has 1 aliphatic rings. The molecule has 132 valence electrons. The smallest absolute Gasteiger partial charge is 0.258 e. The molecule has 1 aliphatic heterocycles. The zero-order chi connectivity index (χ0) is 18.4. The van der Waals surface area contributed by atoms with E-state index in [1.54, 1.807) is 11.0 Å². The van der Waals surface area contributed by atoms with Gasteiger partial charge in [0.2, 0.25) is 10.0 Å². The number of carbonyl (C=O) groups excluding carboxylic acids is 1.